The minimum atomic E-state index is -0.474. The Balaban J connectivity index is 2.11. The van der Waals surface area contributed by atoms with Gasteiger partial charge in [-0.1, -0.05) is 24.3 Å². The highest BCUT2D eigenvalue weighted by Crippen LogP contribution is 2.09. The van der Waals surface area contributed by atoms with E-state index in [0.717, 1.165) is 17.4 Å². The van der Waals surface area contributed by atoms with E-state index in [1.165, 1.54) is 12.3 Å². The average Bonchev–Trinajstić information content (AvgIpc) is 2.85. The molecule has 0 saturated heterocycles. The van der Waals surface area contributed by atoms with Crippen molar-refractivity contribution >= 4 is 18.3 Å². The number of rotatable bonds is 5. The van der Waals surface area contributed by atoms with E-state index in [2.05, 4.69) is 4.98 Å². The van der Waals surface area contributed by atoms with Crippen LogP contribution in [0.15, 0.2) is 42.9 Å². The summed E-state index contributed by atoms with van der Waals surface area (Å²) in [6.45, 7) is 0.577. The van der Waals surface area contributed by atoms with Crippen LogP contribution in [0.3, 0.4) is 0 Å². The summed E-state index contributed by atoms with van der Waals surface area (Å²) >= 11 is 0. The van der Waals surface area contributed by atoms with Crippen molar-refractivity contribution in [3.8, 4) is 0 Å². The number of benzene rings is 1. The molecule has 1 heterocycles. The maximum absolute atomic E-state index is 10.8. The lowest BCUT2D eigenvalue weighted by molar-refractivity contribution is -0.113. The van der Waals surface area contributed by atoms with Gasteiger partial charge in [-0.25, -0.2) is 4.98 Å². The standard InChI is InChI=1S/C14H13N3O2/c15-14(19)6-5-11-1-3-12(4-2-11)8-17-10-16-7-13(17)9-18/h1-7,9-10H,8H2,(H2,15,19). The summed E-state index contributed by atoms with van der Waals surface area (Å²) in [4.78, 5) is 25.3. The minimum Gasteiger partial charge on any atom is -0.366 e. The Morgan fingerprint density at radius 3 is 2.68 bits per heavy atom. The lowest BCUT2D eigenvalue weighted by atomic mass is 10.1. The van der Waals surface area contributed by atoms with E-state index in [1.807, 2.05) is 24.3 Å². The van der Waals surface area contributed by atoms with Crippen LogP contribution in [-0.2, 0) is 11.3 Å². The van der Waals surface area contributed by atoms with Gasteiger partial charge in [0.1, 0.15) is 5.69 Å². The maximum atomic E-state index is 10.8. The Bertz CT molecular complexity index is 612. The smallest absolute Gasteiger partial charge is 0.241 e. The van der Waals surface area contributed by atoms with E-state index < -0.39 is 5.91 Å². The van der Waals surface area contributed by atoms with Crippen LogP contribution in [0.1, 0.15) is 21.6 Å². The van der Waals surface area contributed by atoms with Crippen LogP contribution in [0, 0.1) is 0 Å². The number of aromatic nitrogens is 2. The fourth-order valence-electron chi connectivity index (χ4n) is 1.67. The van der Waals surface area contributed by atoms with Crippen LogP contribution in [0.5, 0.6) is 0 Å². The van der Waals surface area contributed by atoms with Gasteiger partial charge in [0.05, 0.1) is 12.5 Å². The lowest BCUT2D eigenvalue weighted by Gasteiger charge is -2.04. The van der Waals surface area contributed by atoms with Gasteiger partial charge in [0.2, 0.25) is 5.91 Å². The highest BCUT2D eigenvalue weighted by atomic mass is 16.1. The molecule has 2 aromatic rings. The van der Waals surface area contributed by atoms with Crippen LogP contribution >= 0.6 is 0 Å². The molecule has 5 nitrogen and oxygen atoms in total. The monoisotopic (exact) mass is 255 g/mol. The molecule has 0 saturated carbocycles. The molecule has 19 heavy (non-hydrogen) atoms. The number of aldehydes is 1. The van der Waals surface area contributed by atoms with Gasteiger partial charge in [-0.2, -0.15) is 0 Å². The van der Waals surface area contributed by atoms with Gasteiger partial charge in [-0.3, -0.25) is 9.59 Å². The van der Waals surface area contributed by atoms with E-state index in [-0.39, 0.29) is 0 Å². The van der Waals surface area contributed by atoms with Gasteiger partial charge >= 0.3 is 0 Å². The Morgan fingerprint density at radius 2 is 2.05 bits per heavy atom. The normalized spacial score (nSPS) is 10.7. The van der Waals surface area contributed by atoms with E-state index in [0.29, 0.717) is 12.2 Å². The van der Waals surface area contributed by atoms with Gasteiger partial charge in [0, 0.05) is 12.6 Å². The Hall–Kier alpha value is -2.69. The molecule has 0 aliphatic carbocycles. The first-order chi connectivity index (χ1) is 9.19. The summed E-state index contributed by atoms with van der Waals surface area (Å²) in [5.41, 5.74) is 7.49. The number of nitrogens with zero attached hydrogens (tertiary/aromatic N) is 2. The fourth-order valence-corrected chi connectivity index (χ4v) is 1.67. The van der Waals surface area contributed by atoms with Crippen LogP contribution < -0.4 is 5.73 Å². The first-order valence-corrected chi connectivity index (χ1v) is 5.71. The largest absolute Gasteiger partial charge is 0.366 e. The summed E-state index contributed by atoms with van der Waals surface area (Å²) < 4.78 is 1.77. The number of imidazole rings is 1. The van der Waals surface area contributed by atoms with Crippen LogP contribution in [0.25, 0.3) is 6.08 Å². The third-order valence-corrected chi connectivity index (χ3v) is 2.64. The van der Waals surface area contributed by atoms with Crippen LogP contribution in [0.2, 0.25) is 0 Å². The third kappa shape index (κ3) is 3.38. The molecule has 1 aromatic heterocycles. The average molecular weight is 255 g/mol. The zero-order valence-corrected chi connectivity index (χ0v) is 10.2. The molecule has 96 valence electrons. The number of hydrogen-bond donors (Lipinski definition) is 1. The molecule has 0 spiro atoms. The molecule has 0 atom stereocenters. The topological polar surface area (TPSA) is 78.0 Å². The van der Waals surface area contributed by atoms with Gasteiger partial charge in [0.25, 0.3) is 0 Å². The summed E-state index contributed by atoms with van der Waals surface area (Å²) in [5.74, 6) is -0.474. The van der Waals surface area contributed by atoms with Gasteiger partial charge in [0.15, 0.2) is 6.29 Å². The quantitative estimate of drug-likeness (QED) is 0.645. The molecule has 1 aromatic carbocycles. The zero-order chi connectivity index (χ0) is 13.7. The minimum absolute atomic E-state index is 0.474. The van der Waals surface area contributed by atoms with Gasteiger partial charge in [-0.15, -0.1) is 0 Å². The number of primary amides is 1. The molecule has 1 amide bonds. The highest BCUT2D eigenvalue weighted by Gasteiger charge is 2.01. The van der Waals surface area contributed by atoms with E-state index in [1.54, 1.807) is 17.0 Å². The SMILES string of the molecule is NC(=O)C=Cc1ccc(Cn2cncc2C=O)cc1. The molecule has 5 heteroatoms. The second kappa shape index (κ2) is 5.77. The summed E-state index contributed by atoms with van der Waals surface area (Å²) in [6, 6.07) is 7.61. The van der Waals surface area contributed by atoms with Gasteiger partial charge in [-0.05, 0) is 17.2 Å². The lowest BCUT2D eigenvalue weighted by Crippen LogP contribution is -2.05. The molecule has 0 aliphatic rings. The molecular formula is C14H13N3O2. The van der Waals surface area contributed by atoms with Crippen molar-refractivity contribution in [2.45, 2.75) is 6.54 Å². The first kappa shape index (κ1) is 12.8. The summed E-state index contributed by atoms with van der Waals surface area (Å²) in [5, 5.41) is 0. The number of nitrogens with two attached hydrogens (primary N) is 1. The first-order valence-electron chi connectivity index (χ1n) is 5.71. The van der Waals surface area contributed by atoms with Crippen molar-refractivity contribution in [2.24, 2.45) is 5.73 Å². The Labute approximate surface area is 110 Å². The molecule has 0 fully saturated rings. The summed E-state index contributed by atoms with van der Waals surface area (Å²) in [7, 11) is 0. The van der Waals surface area contributed by atoms with Crippen molar-refractivity contribution in [3.05, 3.63) is 59.7 Å². The second-order valence-corrected chi connectivity index (χ2v) is 4.04. The Kier molecular flexibility index (Phi) is 3.87. The molecule has 0 radical (unpaired) electrons. The van der Waals surface area contributed by atoms with Crippen molar-refractivity contribution < 1.29 is 9.59 Å². The molecule has 0 bridgehead atoms. The van der Waals surface area contributed by atoms with Crippen LogP contribution in [0.4, 0.5) is 0 Å². The van der Waals surface area contributed by atoms with E-state index >= 15 is 0 Å². The van der Waals surface area contributed by atoms with Gasteiger partial charge < -0.3 is 10.3 Å². The molecule has 0 aliphatic heterocycles. The van der Waals surface area contributed by atoms with E-state index in [4.69, 9.17) is 5.73 Å². The van der Waals surface area contributed by atoms with Crippen molar-refractivity contribution in [2.75, 3.05) is 0 Å². The number of carbonyl (C=O) groups excluding carboxylic acids is 2. The molecular weight excluding hydrogens is 242 g/mol. The number of carbonyl (C=O) groups is 2. The second-order valence-electron chi connectivity index (χ2n) is 4.04. The summed E-state index contributed by atoms with van der Waals surface area (Å²) in [6.07, 6.45) is 6.88. The zero-order valence-electron chi connectivity index (χ0n) is 10.2. The molecule has 2 N–H and O–H groups in total. The van der Waals surface area contributed by atoms with Crippen molar-refractivity contribution in [1.82, 2.24) is 9.55 Å². The Morgan fingerprint density at radius 1 is 1.32 bits per heavy atom. The molecule has 2 rings (SSSR count). The number of amides is 1. The molecule has 0 unspecified atom stereocenters. The number of hydrogen-bond acceptors (Lipinski definition) is 3. The fraction of sp³-hybridized carbons (Fsp3) is 0.0714. The van der Waals surface area contributed by atoms with Crippen molar-refractivity contribution in [3.63, 3.8) is 0 Å². The van der Waals surface area contributed by atoms with Crippen LogP contribution in [-0.4, -0.2) is 21.7 Å². The maximum Gasteiger partial charge on any atom is 0.241 e. The predicted octanol–water partition coefficient (Wildman–Crippen LogP) is 1.24. The highest BCUT2D eigenvalue weighted by molar-refractivity contribution is 5.90. The third-order valence-electron chi connectivity index (χ3n) is 2.64. The van der Waals surface area contributed by atoms with E-state index in [9.17, 15) is 9.59 Å². The predicted molar refractivity (Wildman–Crippen MR) is 71.4 cm³/mol. The van der Waals surface area contributed by atoms with Crippen molar-refractivity contribution in [1.29, 1.82) is 0 Å².